The van der Waals surface area contributed by atoms with E-state index >= 15 is 0 Å². The Morgan fingerprint density at radius 2 is 1.94 bits per heavy atom. The lowest BCUT2D eigenvalue weighted by molar-refractivity contribution is -0.0384. The summed E-state index contributed by atoms with van der Waals surface area (Å²) < 4.78 is 49.4. The molecule has 0 amide bonds. The fourth-order valence-corrected chi connectivity index (χ4v) is 1.92. The lowest BCUT2D eigenvalue weighted by Gasteiger charge is -2.06. The van der Waals surface area contributed by atoms with E-state index in [1.54, 1.807) is 12.1 Å². The molecule has 0 bridgehead atoms. The van der Waals surface area contributed by atoms with Crippen LogP contribution in [0.25, 0.3) is 5.82 Å². The van der Waals surface area contributed by atoms with Crippen LogP contribution in [0.4, 0.5) is 13.2 Å². The number of alkyl halides is 3. The second-order valence-electron chi connectivity index (χ2n) is 2.89. The topological polar surface area (TPSA) is 50.7 Å². The molecule has 0 spiro atoms. The Hall–Kier alpha value is -1.57. The van der Waals surface area contributed by atoms with Crippen molar-refractivity contribution >= 4 is 10.8 Å². The Morgan fingerprint density at radius 3 is 2.50 bits per heavy atom. The molecule has 1 N–H and O–H groups in total. The molecule has 16 heavy (non-hydrogen) atoms. The number of nitrogens with zero attached hydrogens (tertiary/aromatic N) is 2. The van der Waals surface area contributed by atoms with Crippen LogP contribution in [0.15, 0.2) is 35.6 Å². The van der Waals surface area contributed by atoms with E-state index in [1.165, 1.54) is 17.0 Å². The Balaban J connectivity index is 2.45. The van der Waals surface area contributed by atoms with Crippen LogP contribution in [-0.2, 0) is 10.8 Å². The van der Waals surface area contributed by atoms with Crippen LogP contribution in [0.5, 0.6) is 0 Å². The highest BCUT2D eigenvalue weighted by atomic mass is 32.2. The average Bonchev–Trinajstić information content (AvgIpc) is 2.85. The van der Waals surface area contributed by atoms with Gasteiger partial charge in [-0.15, -0.1) is 0 Å². The normalized spacial score (nSPS) is 13.9. The van der Waals surface area contributed by atoms with Crippen molar-refractivity contribution < 1.29 is 17.4 Å². The zero-order valence-electron chi connectivity index (χ0n) is 7.73. The molecule has 0 fully saturated rings. The van der Waals surface area contributed by atoms with Crippen molar-refractivity contribution in [3.63, 3.8) is 0 Å². The van der Waals surface area contributed by atoms with E-state index in [-0.39, 0.29) is 10.7 Å². The van der Waals surface area contributed by atoms with Crippen LogP contribution in [0.3, 0.4) is 0 Å². The minimum absolute atomic E-state index is 0.0562. The van der Waals surface area contributed by atoms with Crippen LogP contribution < -0.4 is 0 Å². The van der Waals surface area contributed by atoms with Gasteiger partial charge in [-0.3, -0.25) is 5.10 Å². The summed E-state index contributed by atoms with van der Waals surface area (Å²) in [5.41, 5.74) is -4.79. The molecule has 8 heteroatoms. The van der Waals surface area contributed by atoms with E-state index in [2.05, 4.69) is 10.2 Å². The average molecular weight is 249 g/mol. The van der Waals surface area contributed by atoms with Gasteiger partial charge in [-0.2, -0.15) is 18.3 Å². The lowest BCUT2D eigenvalue weighted by atomic mass is 10.6. The van der Waals surface area contributed by atoms with Gasteiger partial charge in [0.15, 0.2) is 10.8 Å². The van der Waals surface area contributed by atoms with Gasteiger partial charge in [-0.1, -0.05) is 0 Å². The third kappa shape index (κ3) is 1.87. The highest BCUT2D eigenvalue weighted by Gasteiger charge is 2.40. The van der Waals surface area contributed by atoms with Gasteiger partial charge < -0.3 is 4.57 Å². The summed E-state index contributed by atoms with van der Waals surface area (Å²) in [4.78, 5) is -0.385. The van der Waals surface area contributed by atoms with Crippen LogP contribution in [0, 0.1) is 0 Å². The number of aromatic amines is 1. The van der Waals surface area contributed by atoms with Crippen LogP contribution in [-0.4, -0.2) is 24.5 Å². The zero-order chi connectivity index (χ0) is 11.8. The SMILES string of the molecule is O=S(c1cn[nH]c1-n1cccc1)C(F)(F)F. The molecule has 0 aromatic carbocycles. The molecule has 0 aliphatic rings. The van der Waals surface area contributed by atoms with E-state index in [9.17, 15) is 17.4 Å². The Labute approximate surface area is 90.5 Å². The first-order chi connectivity index (χ1) is 7.50. The van der Waals surface area contributed by atoms with Gasteiger partial charge in [0, 0.05) is 12.4 Å². The minimum Gasteiger partial charge on any atom is -0.308 e. The zero-order valence-corrected chi connectivity index (χ0v) is 8.55. The first-order valence-corrected chi connectivity index (χ1v) is 5.30. The monoisotopic (exact) mass is 249 g/mol. The maximum atomic E-state index is 12.3. The molecule has 0 saturated carbocycles. The second kappa shape index (κ2) is 3.78. The summed E-state index contributed by atoms with van der Waals surface area (Å²) in [6.07, 6.45) is 3.98. The lowest BCUT2D eigenvalue weighted by Crippen LogP contribution is -2.17. The van der Waals surface area contributed by atoms with Gasteiger partial charge in [-0.05, 0) is 12.1 Å². The standard InChI is InChI=1S/C8H6F3N3OS/c9-8(10,11)16(15)6-5-12-13-7(6)14-3-1-2-4-14/h1-5H,(H,12,13). The molecule has 1 atom stereocenters. The van der Waals surface area contributed by atoms with Crippen molar-refractivity contribution in [1.82, 2.24) is 14.8 Å². The molecule has 0 aliphatic carbocycles. The molecular weight excluding hydrogens is 243 g/mol. The molecule has 0 saturated heterocycles. The number of aromatic nitrogens is 3. The van der Waals surface area contributed by atoms with E-state index < -0.39 is 16.3 Å². The first kappa shape index (κ1) is 10.9. The van der Waals surface area contributed by atoms with Crippen molar-refractivity contribution in [3.05, 3.63) is 30.7 Å². The summed E-state index contributed by atoms with van der Waals surface area (Å²) in [5.74, 6) is 0.0562. The van der Waals surface area contributed by atoms with Crippen molar-refractivity contribution in [2.75, 3.05) is 0 Å². The number of nitrogens with one attached hydrogen (secondary N) is 1. The van der Waals surface area contributed by atoms with E-state index in [1.807, 2.05) is 0 Å². The molecule has 0 aliphatic heterocycles. The summed E-state index contributed by atoms with van der Waals surface area (Å²) >= 11 is 0. The van der Waals surface area contributed by atoms with Gasteiger partial charge in [0.2, 0.25) is 0 Å². The number of halogens is 3. The minimum atomic E-state index is -4.79. The van der Waals surface area contributed by atoms with Crippen molar-refractivity contribution in [2.45, 2.75) is 10.4 Å². The Kier molecular flexibility index (Phi) is 2.58. The van der Waals surface area contributed by atoms with Crippen LogP contribution in [0.2, 0.25) is 0 Å². The molecule has 2 aromatic rings. The summed E-state index contributed by atoms with van der Waals surface area (Å²) in [7, 11) is -3.08. The third-order valence-electron chi connectivity index (χ3n) is 1.86. The fraction of sp³-hybridized carbons (Fsp3) is 0.125. The number of H-pyrrole nitrogens is 1. The highest BCUT2D eigenvalue weighted by molar-refractivity contribution is 7.86. The number of hydrogen-bond donors (Lipinski definition) is 1. The molecule has 2 aromatic heterocycles. The summed E-state index contributed by atoms with van der Waals surface area (Å²) in [6, 6.07) is 3.28. The van der Waals surface area contributed by atoms with Crippen molar-refractivity contribution in [1.29, 1.82) is 0 Å². The second-order valence-corrected chi connectivity index (χ2v) is 4.33. The maximum absolute atomic E-state index is 12.3. The summed E-state index contributed by atoms with van der Waals surface area (Å²) in [6.45, 7) is 0. The molecule has 2 rings (SSSR count). The molecular formula is C8H6F3N3OS. The molecule has 86 valence electrons. The molecule has 1 unspecified atom stereocenters. The Bertz CT molecular complexity index is 503. The van der Waals surface area contributed by atoms with Crippen molar-refractivity contribution in [2.24, 2.45) is 0 Å². The maximum Gasteiger partial charge on any atom is 0.476 e. The van der Waals surface area contributed by atoms with Crippen LogP contribution >= 0.6 is 0 Å². The molecule has 4 nitrogen and oxygen atoms in total. The number of rotatable bonds is 2. The van der Waals surface area contributed by atoms with Gasteiger partial charge >= 0.3 is 5.51 Å². The van der Waals surface area contributed by atoms with Crippen molar-refractivity contribution in [3.8, 4) is 5.82 Å². The first-order valence-electron chi connectivity index (χ1n) is 4.15. The van der Waals surface area contributed by atoms with Gasteiger partial charge in [0.25, 0.3) is 0 Å². The van der Waals surface area contributed by atoms with Gasteiger partial charge in [0.05, 0.1) is 6.20 Å². The van der Waals surface area contributed by atoms with E-state index in [4.69, 9.17) is 0 Å². The fourth-order valence-electron chi connectivity index (χ4n) is 1.20. The highest BCUT2D eigenvalue weighted by Crippen LogP contribution is 2.28. The van der Waals surface area contributed by atoms with Crippen LogP contribution in [0.1, 0.15) is 0 Å². The molecule has 0 radical (unpaired) electrons. The third-order valence-corrected chi connectivity index (χ3v) is 2.98. The van der Waals surface area contributed by atoms with E-state index in [0.29, 0.717) is 0 Å². The predicted octanol–water partition coefficient (Wildman–Crippen LogP) is 1.83. The van der Waals surface area contributed by atoms with E-state index in [0.717, 1.165) is 6.20 Å². The smallest absolute Gasteiger partial charge is 0.308 e. The molecule has 2 heterocycles. The van der Waals surface area contributed by atoms with Gasteiger partial charge in [-0.25, -0.2) is 4.21 Å². The Morgan fingerprint density at radius 1 is 1.31 bits per heavy atom. The summed E-state index contributed by atoms with van der Waals surface area (Å²) in [5, 5.41) is 5.85. The quantitative estimate of drug-likeness (QED) is 0.882. The predicted molar refractivity (Wildman–Crippen MR) is 50.4 cm³/mol. The number of hydrogen-bond acceptors (Lipinski definition) is 2. The largest absolute Gasteiger partial charge is 0.476 e. The van der Waals surface area contributed by atoms with Gasteiger partial charge in [0.1, 0.15) is 10.7 Å².